The Morgan fingerprint density at radius 3 is 3.04 bits per heavy atom. The number of carbonyl (C=O) groups excluding carboxylic acids is 1. The Balaban J connectivity index is 1.42. The summed E-state index contributed by atoms with van der Waals surface area (Å²) in [7, 11) is 1.71. The van der Waals surface area contributed by atoms with Gasteiger partial charge < -0.3 is 19.9 Å². The minimum atomic E-state index is -0.311. The highest BCUT2D eigenvalue weighted by Crippen LogP contribution is 2.13. The Morgan fingerprint density at radius 2 is 2.24 bits per heavy atom. The molecule has 0 bridgehead atoms. The second-order valence-corrected chi connectivity index (χ2v) is 6.24. The van der Waals surface area contributed by atoms with Crippen LogP contribution in [0.25, 0.3) is 11.0 Å². The van der Waals surface area contributed by atoms with Crippen molar-refractivity contribution >= 4 is 17.1 Å². The molecule has 1 aromatic carbocycles. The number of ether oxygens (including phenoxy) is 1. The van der Waals surface area contributed by atoms with Crippen LogP contribution in [-0.2, 0) is 11.3 Å². The smallest absolute Gasteiger partial charge is 0.317 e. The van der Waals surface area contributed by atoms with Crippen LogP contribution < -0.4 is 5.32 Å². The summed E-state index contributed by atoms with van der Waals surface area (Å²) < 4.78 is 18.5. The largest absolute Gasteiger partial charge is 0.379 e. The molecular weight excluding hydrogens is 325 g/mol. The van der Waals surface area contributed by atoms with Crippen LogP contribution in [0.1, 0.15) is 12.2 Å². The number of imidazole rings is 1. The number of urea groups is 1. The maximum absolute atomic E-state index is 13.2. The van der Waals surface area contributed by atoms with Gasteiger partial charge in [0.25, 0.3) is 0 Å². The van der Waals surface area contributed by atoms with Crippen molar-refractivity contribution < 1.29 is 13.9 Å². The number of aromatic amines is 1. The average molecular weight is 349 g/mol. The molecule has 8 heteroatoms. The lowest BCUT2D eigenvalue weighted by atomic mass is 10.3. The van der Waals surface area contributed by atoms with Crippen molar-refractivity contribution in [2.45, 2.75) is 13.0 Å². The van der Waals surface area contributed by atoms with Crippen LogP contribution >= 0.6 is 0 Å². The first kappa shape index (κ1) is 17.6. The van der Waals surface area contributed by atoms with Gasteiger partial charge in [0.05, 0.1) is 30.8 Å². The number of morpholine rings is 1. The summed E-state index contributed by atoms with van der Waals surface area (Å²) in [6.45, 7) is 5.42. The number of nitrogens with one attached hydrogen (secondary N) is 2. The van der Waals surface area contributed by atoms with Gasteiger partial charge in [-0.2, -0.15) is 0 Å². The fourth-order valence-electron chi connectivity index (χ4n) is 2.86. The maximum atomic E-state index is 13.2. The third-order valence-corrected chi connectivity index (χ3v) is 4.26. The summed E-state index contributed by atoms with van der Waals surface area (Å²) in [6.07, 6.45) is 0.906. The standard InChI is InChI=1S/C17H24FN5O2/c1-22(12-16-20-14-4-3-13(18)11-15(14)21-16)17(24)19-5-2-6-23-7-9-25-10-8-23/h3-4,11H,2,5-10,12H2,1H3,(H,19,24)(H,20,21). The Morgan fingerprint density at radius 1 is 1.44 bits per heavy atom. The van der Waals surface area contributed by atoms with Crippen molar-refractivity contribution in [2.24, 2.45) is 0 Å². The predicted molar refractivity (Wildman–Crippen MR) is 92.8 cm³/mol. The number of carbonyl (C=O) groups is 1. The molecule has 2 N–H and O–H groups in total. The number of amides is 2. The number of aromatic nitrogens is 2. The fourth-order valence-corrected chi connectivity index (χ4v) is 2.86. The van der Waals surface area contributed by atoms with E-state index in [0.717, 1.165) is 39.3 Å². The quantitative estimate of drug-likeness (QED) is 0.777. The second kappa shape index (κ2) is 8.26. The van der Waals surface area contributed by atoms with Gasteiger partial charge in [-0.25, -0.2) is 14.2 Å². The zero-order chi connectivity index (χ0) is 17.6. The molecule has 136 valence electrons. The van der Waals surface area contributed by atoms with Gasteiger partial charge in [-0.05, 0) is 31.2 Å². The highest BCUT2D eigenvalue weighted by molar-refractivity contribution is 5.76. The number of halogens is 1. The van der Waals surface area contributed by atoms with Gasteiger partial charge in [-0.15, -0.1) is 0 Å². The number of rotatable bonds is 6. The number of nitrogens with zero attached hydrogens (tertiary/aromatic N) is 3. The van der Waals surface area contributed by atoms with E-state index in [1.165, 1.54) is 12.1 Å². The first-order chi connectivity index (χ1) is 12.1. The first-order valence-electron chi connectivity index (χ1n) is 8.55. The van der Waals surface area contributed by atoms with Crippen molar-refractivity contribution in [3.8, 4) is 0 Å². The van der Waals surface area contributed by atoms with Gasteiger partial charge in [-0.1, -0.05) is 0 Å². The lowest BCUT2D eigenvalue weighted by Gasteiger charge is -2.26. The Hall–Kier alpha value is -2.19. The summed E-state index contributed by atoms with van der Waals surface area (Å²) in [6, 6.07) is 4.25. The zero-order valence-electron chi connectivity index (χ0n) is 14.4. The summed E-state index contributed by atoms with van der Waals surface area (Å²) >= 11 is 0. The molecule has 1 aliphatic heterocycles. The summed E-state index contributed by atoms with van der Waals surface area (Å²) in [5.74, 6) is 0.320. The Bertz CT molecular complexity index is 714. The number of hydrogen-bond acceptors (Lipinski definition) is 4. The van der Waals surface area contributed by atoms with Crippen LogP contribution in [0.3, 0.4) is 0 Å². The SMILES string of the molecule is CN(Cc1nc2ccc(F)cc2[nH]1)C(=O)NCCCN1CCOCC1. The van der Waals surface area contributed by atoms with E-state index in [1.807, 2.05) is 0 Å². The van der Waals surface area contributed by atoms with Crippen LogP contribution in [0, 0.1) is 5.82 Å². The molecule has 1 fully saturated rings. The molecule has 0 unspecified atom stereocenters. The Kier molecular flexibility index (Phi) is 5.83. The van der Waals surface area contributed by atoms with E-state index in [2.05, 4.69) is 20.2 Å². The monoisotopic (exact) mass is 349 g/mol. The van der Waals surface area contributed by atoms with Crippen LogP contribution in [-0.4, -0.2) is 72.2 Å². The molecule has 3 rings (SSSR count). The van der Waals surface area contributed by atoms with Crippen LogP contribution in [0.15, 0.2) is 18.2 Å². The first-order valence-corrected chi connectivity index (χ1v) is 8.55. The number of fused-ring (bicyclic) bond motifs is 1. The molecule has 25 heavy (non-hydrogen) atoms. The molecule has 2 amide bonds. The van der Waals surface area contributed by atoms with Gasteiger partial charge in [-0.3, -0.25) is 4.90 Å². The topological polar surface area (TPSA) is 73.5 Å². The maximum Gasteiger partial charge on any atom is 0.317 e. The lowest BCUT2D eigenvalue weighted by molar-refractivity contribution is 0.0375. The molecule has 1 aliphatic rings. The lowest BCUT2D eigenvalue weighted by Crippen LogP contribution is -2.40. The van der Waals surface area contributed by atoms with E-state index in [9.17, 15) is 9.18 Å². The molecule has 0 atom stereocenters. The summed E-state index contributed by atoms with van der Waals surface area (Å²) in [5.41, 5.74) is 1.32. The number of H-pyrrole nitrogens is 1. The van der Waals surface area contributed by atoms with Gasteiger partial charge >= 0.3 is 6.03 Å². The van der Waals surface area contributed by atoms with E-state index < -0.39 is 0 Å². The Labute approximate surface area is 146 Å². The number of hydrogen-bond donors (Lipinski definition) is 2. The third-order valence-electron chi connectivity index (χ3n) is 4.26. The molecule has 2 heterocycles. The highest BCUT2D eigenvalue weighted by atomic mass is 19.1. The fraction of sp³-hybridized carbons (Fsp3) is 0.529. The molecule has 1 saturated heterocycles. The highest BCUT2D eigenvalue weighted by Gasteiger charge is 2.13. The minimum absolute atomic E-state index is 0.145. The van der Waals surface area contributed by atoms with Crippen molar-refractivity contribution in [3.63, 3.8) is 0 Å². The van der Waals surface area contributed by atoms with Crippen molar-refractivity contribution in [1.29, 1.82) is 0 Å². The van der Waals surface area contributed by atoms with E-state index in [0.29, 0.717) is 29.9 Å². The van der Waals surface area contributed by atoms with Crippen LogP contribution in [0.5, 0.6) is 0 Å². The van der Waals surface area contributed by atoms with Crippen LogP contribution in [0.2, 0.25) is 0 Å². The van der Waals surface area contributed by atoms with Crippen LogP contribution in [0.4, 0.5) is 9.18 Å². The summed E-state index contributed by atoms with van der Waals surface area (Å²) in [4.78, 5) is 23.5. The van der Waals surface area contributed by atoms with E-state index in [4.69, 9.17) is 4.74 Å². The average Bonchev–Trinajstić information content (AvgIpc) is 3.00. The van der Waals surface area contributed by atoms with Crippen molar-refractivity contribution in [2.75, 3.05) is 46.4 Å². The molecule has 0 saturated carbocycles. The summed E-state index contributed by atoms with van der Waals surface area (Å²) in [5, 5.41) is 2.91. The molecule has 0 spiro atoms. The second-order valence-electron chi connectivity index (χ2n) is 6.24. The predicted octanol–water partition coefficient (Wildman–Crippen LogP) is 1.57. The van der Waals surface area contributed by atoms with Gasteiger partial charge in [0, 0.05) is 26.7 Å². The molecule has 0 aliphatic carbocycles. The van der Waals surface area contributed by atoms with Gasteiger partial charge in [0.2, 0.25) is 0 Å². The van der Waals surface area contributed by atoms with Crippen molar-refractivity contribution in [1.82, 2.24) is 25.1 Å². The van der Waals surface area contributed by atoms with E-state index >= 15 is 0 Å². The molecule has 7 nitrogen and oxygen atoms in total. The molecule has 1 aromatic heterocycles. The third kappa shape index (κ3) is 4.90. The molecule has 2 aromatic rings. The van der Waals surface area contributed by atoms with Gasteiger partial charge in [0.15, 0.2) is 0 Å². The zero-order valence-corrected chi connectivity index (χ0v) is 14.4. The van der Waals surface area contributed by atoms with E-state index in [1.54, 1.807) is 18.0 Å². The van der Waals surface area contributed by atoms with E-state index in [-0.39, 0.29) is 11.8 Å². The molecular formula is C17H24FN5O2. The molecule has 0 radical (unpaired) electrons. The normalized spacial score (nSPS) is 15.4. The van der Waals surface area contributed by atoms with Crippen molar-refractivity contribution in [3.05, 3.63) is 29.8 Å². The minimum Gasteiger partial charge on any atom is -0.379 e. The number of benzene rings is 1. The van der Waals surface area contributed by atoms with Gasteiger partial charge in [0.1, 0.15) is 11.6 Å².